The summed E-state index contributed by atoms with van der Waals surface area (Å²) in [5.74, 6) is 0.105. The molecule has 1 amide bonds. The van der Waals surface area contributed by atoms with Crippen LogP contribution in [0, 0.1) is 5.82 Å². The fourth-order valence-electron chi connectivity index (χ4n) is 3.07. The van der Waals surface area contributed by atoms with Crippen LogP contribution in [0.4, 0.5) is 4.39 Å². The minimum absolute atomic E-state index is 0.0628. The van der Waals surface area contributed by atoms with Gasteiger partial charge in [0.25, 0.3) is 5.91 Å². The van der Waals surface area contributed by atoms with E-state index in [1.165, 1.54) is 12.1 Å². The number of halogens is 2. The van der Waals surface area contributed by atoms with Crippen LogP contribution in [0.2, 0.25) is 5.02 Å². The molecule has 1 aliphatic heterocycles. The van der Waals surface area contributed by atoms with E-state index in [-0.39, 0.29) is 18.3 Å². The number of carbonyl (C=O) groups is 1. The topological polar surface area (TPSA) is 47.4 Å². The second-order valence-electron chi connectivity index (χ2n) is 6.35. The van der Waals surface area contributed by atoms with Gasteiger partial charge in [-0.05, 0) is 35.9 Å². The van der Waals surface area contributed by atoms with Crippen molar-refractivity contribution < 1.29 is 13.9 Å². The number of fused-ring (bicyclic) bond motifs is 1. The monoisotopic (exact) mass is 385 g/mol. The standard InChI is InChI=1S/C20H17ClFN3O2/c21-16-5-2-4-15(10-16)20(26)24-7-8-25-18(12-24)11-19(23-25)27-13-14-3-1-6-17(22)9-14/h1-6,9-11H,7-8,12-13H2. The fraction of sp³-hybridized carbons (Fsp3) is 0.200. The van der Waals surface area contributed by atoms with Crippen molar-refractivity contribution in [2.24, 2.45) is 0 Å². The number of hydrogen-bond donors (Lipinski definition) is 0. The van der Waals surface area contributed by atoms with Gasteiger partial charge in [0.05, 0.1) is 18.8 Å². The molecular formula is C20H17ClFN3O2. The SMILES string of the molecule is O=C(c1cccc(Cl)c1)N1CCn2nc(OCc3cccc(F)c3)cc2C1. The number of nitrogens with zero attached hydrogens (tertiary/aromatic N) is 3. The van der Waals surface area contributed by atoms with Crippen molar-refractivity contribution in [3.05, 3.63) is 82.3 Å². The first-order valence-electron chi connectivity index (χ1n) is 8.57. The summed E-state index contributed by atoms with van der Waals surface area (Å²) >= 11 is 5.98. The van der Waals surface area contributed by atoms with Crippen LogP contribution in [-0.4, -0.2) is 27.1 Å². The molecule has 5 nitrogen and oxygen atoms in total. The lowest BCUT2D eigenvalue weighted by molar-refractivity contribution is 0.0706. The third-order valence-electron chi connectivity index (χ3n) is 4.41. The maximum atomic E-state index is 13.2. The van der Waals surface area contributed by atoms with Crippen LogP contribution < -0.4 is 4.74 Å². The van der Waals surface area contributed by atoms with E-state index in [9.17, 15) is 9.18 Å². The molecule has 0 saturated heterocycles. The number of aromatic nitrogens is 2. The summed E-state index contributed by atoms with van der Waals surface area (Å²) in [6.45, 7) is 1.83. The summed E-state index contributed by atoms with van der Waals surface area (Å²) in [6.07, 6.45) is 0. The zero-order valence-corrected chi connectivity index (χ0v) is 15.2. The van der Waals surface area contributed by atoms with Crippen LogP contribution in [0.5, 0.6) is 5.88 Å². The summed E-state index contributed by atoms with van der Waals surface area (Å²) in [4.78, 5) is 14.4. The number of benzene rings is 2. The van der Waals surface area contributed by atoms with Gasteiger partial charge in [0.15, 0.2) is 0 Å². The molecule has 27 heavy (non-hydrogen) atoms. The smallest absolute Gasteiger partial charge is 0.254 e. The van der Waals surface area contributed by atoms with Crippen LogP contribution in [0.15, 0.2) is 54.6 Å². The van der Waals surface area contributed by atoms with E-state index in [0.717, 1.165) is 11.3 Å². The van der Waals surface area contributed by atoms with Crippen molar-refractivity contribution in [2.45, 2.75) is 19.7 Å². The van der Waals surface area contributed by atoms with E-state index >= 15 is 0 Å². The molecule has 138 valence electrons. The highest BCUT2D eigenvalue weighted by molar-refractivity contribution is 6.30. The second-order valence-corrected chi connectivity index (χ2v) is 6.79. The molecular weight excluding hydrogens is 369 g/mol. The summed E-state index contributed by atoms with van der Waals surface area (Å²) in [5.41, 5.74) is 2.20. The molecule has 0 fully saturated rings. The van der Waals surface area contributed by atoms with Crippen molar-refractivity contribution in [3.63, 3.8) is 0 Å². The highest BCUT2D eigenvalue weighted by Gasteiger charge is 2.23. The molecule has 0 saturated carbocycles. The Labute approximate surface area is 160 Å². The van der Waals surface area contributed by atoms with Gasteiger partial charge in [0, 0.05) is 23.2 Å². The molecule has 7 heteroatoms. The average molecular weight is 386 g/mol. The van der Waals surface area contributed by atoms with E-state index in [4.69, 9.17) is 16.3 Å². The minimum atomic E-state index is -0.296. The predicted octanol–water partition coefficient (Wildman–Crippen LogP) is 3.91. The summed E-state index contributed by atoms with van der Waals surface area (Å²) in [5, 5.41) is 4.95. The van der Waals surface area contributed by atoms with Crippen molar-refractivity contribution in [1.29, 1.82) is 0 Å². The Bertz CT molecular complexity index is 989. The number of carbonyl (C=O) groups excluding carboxylic acids is 1. The van der Waals surface area contributed by atoms with Crippen LogP contribution in [0.25, 0.3) is 0 Å². The third kappa shape index (κ3) is 3.95. The van der Waals surface area contributed by atoms with Crippen LogP contribution in [-0.2, 0) is 19.7 Å². The maximum absolute atomic E-state index is 13.2. The number of rotatable bonds is 4. The summed E-state index contributed by atoms with van der Waals surface area (Å²) in [7, 11) is 0. The molecule has 0 unspecified atom stereocenters. The second kappa shape index (κ2) is 7.40. The lowest BCUT2D eigenvalue weighted by Crippen LogP contribution is -2.38. The van der Waals surface area contributed by atoms with Gasteiger partial charge in [-0.2, -0.15) is 0 Å². The van der Waals surface area contributed by atoms with Gasteiger partial charge in [0.2, 0.25) is 5.88 Å². The number of hydrogen-bond acceptors (Lipinski definition) is 3. The first kappa shape index (κ1) is 17.5. The molecule has 0 radical (unpaired) electrons. The van der Waals surface area contributed by atoms with Crippen molar-refractivity contribution in [3.8, 4) is 5.88 Å². The van der Waals surface area contributed by atoms with E-state index < -0.39 is 0 Å². The van der Waals surface area contributed by atoms with Gasteiger partial charge in [-0.15, -0.1) is 5.10 Å². The zero-order chi connectivity index (χ0) is 18.8. The molecule has 3 aromatic rings. The van der Waals surface area contributed by atoms with Crippen molar-refractivity contribution in [1.82, 2.24) is 14.7 Å². The average Bonchev–Trinajstić information content (AvgIpc) is 3.08. The van der Waals surface area contributed by atoms with Crippen molar-refractivity contribution in [2.75, 3.05) is 6.54 Å². The van der Waals surface area contributed by atoms with E-state index in [0.29, 0.717) is 36.1 Å². The van der Waals surface area contributed by atoms with Gasteiger partial charge in [-0.1, -0.05) is 29.8 Å². The third-order valence-corrected chi connectivity index (χ3v) is 4.65. The Kier molecular flexibility index (Phi) is 4.81. The Hall–Kier alpha value is -2.86. The maximum Gasteiger partial charge on any atom is 0.254 e. The molecule has 0 bridgehead atoms. The van der Waals surface area contributed by atoms with Gasteiger partial charge >= 0.3 is 0 Å². The number of amides is 1. The van der Waals surface area contributed by atoms with Crippen molar-refractivity contribution >= 4 is 17.5 Å². The molecule has 2 aromatic carbocycles. The largest absolute Gasteiger partial charge is 0.472 e. The molecule has 0 atom stereocenters. The van der Waals surface area contributed by atoms with E-state index in [1.54, 1.807) is 41.3 Å². The summed E-state index contributed by atoms with van der Waals surface area (Å²) < 4.78 is 20.8. The highest BCUT2D eigenvalue weighted by atomic mass is 35.5. The highest BCUT2D eigenvalue weighted by Crippen LogP contribution is 2.21. The van der Waals surface area contributed by atoms with Gasteiger partial charge < -0.3 is 9.64 Å². The predicted molar refractivity (Wildman–Crippen MR) is 99.2 cm³/mol. The first-order valence-corrected chi connectivity index (χ1v) is 8.95. The zero-order valence-electron chi connectivity index (χ0n) is 14.4. The van der Waals surface area contributed by atoms with E-state index in [1.807, 2.05) is 10.7 Å². The molecule has 4 rings (SSSR count). The fourth-order valence-corrected chi connectivity index (χ4v) is 3.26. The molecule has 0 aliphatic carbocycles. The first-order chi connectivity index (χ1) is 13.1. The van der Waals surface area contributed by atoms with Gasteiger partial charge in [-0.25, -0.2) is 4.39 Å². The molecule has 2 heterocycles. The number of ether oxygens (including phenoxy) is 1. The Balaban J connectivity index is 1.43. The van der Waals surface area contributed by atoms with Crippen LogP contribution in [0.1, 0.15) is 21.6 Å². The van der Waals surface area contributed by atoms with E-state index in [2.05, 4.69) is 5.10 Å². The molecule has 1 aromatic heterocycles. The van der Waals surface area contributed by atoms with Gasteiger partial charge in [0.1, 0.15) is 12.4 Å². The molecule has 0 N–H and O–H groups in total. The normalized spacial score (nSPS) is 13.3. The van der Waals surface area contributed by atoms with Crippen LogP contribution in [0.3, 0.4) is 0 Å². The van der Waals surface area contributed by atoms with Gasteiger partial charge in [-0.3, -0.25) is 9.48 Å². The minimum Gasteiger partial charge on any atom is -0.472 e. The molecule has 1 aliphatic rings. The lowest BCUT2D eigenvalue weighted by atomic mass is 10.2. The Morgan fingerprint density at radius 2 is 2.00 bits per heavy atom. The quantitative estimate of drug-likeness (QED) is 0.684. The summed E-state index contributed by atoms with van der Waals surface area (Å²) in [6, 6.07) is 15.0. The Morgan fingerprint density at radius 3 is 2.81 bits per heavy atom. The lowest BCUT2D eigenvalue weighted by Gasteiger charge is -2.27. The Morgan fingerprint density at radius 1 is 1.15 bits per heavy atom. The molecule has 0 spiro atoms. The van der Waals surface area contributed by atoms with Crippen LogP contribution >= 0.6 is 11.6 Å².